The second-order valence-corrected chi connectivity index (χ2v) is 7.10. The van der Waals surface area contributed by atoms with Crippen molar-refractivity contribution in [3.05, 3.63) is 42.2 Å². The first kappa shape index (κ1) is 19.7. The van der Waals surface area contributed by atoms with E-state index in [1.54, 1.807) is 18.5 Å². The van der Waals surface area contributed by atoms with E-state index < -0.39 is 0 Å². The number of nitrogens with zero attached hydrogens (tertiary/aromatic N) is 2. The van der Waals surface area contributed by atoms with Crippen LogP contribution in [0.1, 0.15) is 24.8 Å². The molecule has 1 aromatic heterocycles. The van der Waals surface area contributed by atoms with Crippen LogP contribution in [0.3, 0.4) is 0 Å². The predicted molar refractivity (Wildman–Crippen MR) is 103 cm³/mol. The van der Waals surface area contributed by atoms with Crippen molar-refractivity contribution in [2.75, 3.05) is 18.4 Å². The Morgan fingerprint density at radius 1 is 1.36 bits per heavy atom. The number of carbonyl (C=O) groups is 1. The summed E-state index contributed by atoms with van der Waals surface area (Å²) in [7, 11) is 0. The molecule has 0 radical (unpaired) electrons. The number of hydrogen-bond acceptors (Lipinski definition) is 5. The van der Waals surface area contributed by atoms with Gasteiger partial charge < -0.3 is 10.6 Å². The molecule has 2 aromatic rings. The van der Waals surface area contributed by atoms with Crippen molar-refractivity contribution in [1.82, 2.24) is 15.3 Å². The summed E-state index contributed by atoms with van der Waals surface area (Å²) >= 11 is 1.51. The van der Waals surface area contributed by atoms with Crippen LogP contribution in [0.2, 0.25) is 0 Å². The van der Waals surface area contributed by atoms with E-state index in [9.17, 15) is 4.79 Å². The molecule has 1 aliphatic rings. The molecular formula is C18H23ClN4OS. The van der Waals surface area contributed by atoms with Crippen molar-refractivity contribution < 1.29 is 4.79 Å². The number of nitrogens with one attached hydrogen (secondary N) is 2. The third kappa shape index (κ3) is 5.99. The minimum absolute atomic E-state index is 0. The van der Waals surface area contributed by atoms with Crippen molar-refractivity contribution >= 4 is 35.8 Å². The first-order chi connectivity index (χ1) is 11.7. The van der Waals surface area contributed by atoms with Gasteiger partial charge in [-0.15, -0.1) is 12.4 Å². The number of benzene rings is 1. The van der Waals surface area contributed by atoms with Gasteiger partial charge in [0.25, 0.3) is 0 Å². The van der Waals surface area contributed by atoms with Gasteiger partial charge in [-0.2, -0.15) is 0 Å². The maximum absolute atomic E-state index is 12.1. The molecule has 0 saturated carbocycles. The molecule has 0 aliphatic carbocycles. The van der Waals surface area contributed by atoms with Gasteiger partial charge in [-0.1, -0.05) is 0 Å². The fourth-order valence-electron chi connectivity index (χ4n) is 2.79. The van der Waals surface area contributed by atoms with E-state index in [2.05, 4.69) is 26.7 Å². The Morgan fingerprint density at radius 3 is 2.84 bits per heavy atom. The summed E-state index contributed by atoms with van der Waals surface area (Å²) in [6.07, 6.45) is 6.18. The average Bonchev–Trinajstić information content (AvgIpc) is 3.10. The Bertz CT molecular complexity index is 693. The zero-order valence-corrected chi connectivity index (χ0v) is 15.8. The molecule has 3 rings (SSSR count). The molecule has 1 atom stereocenters. The van der Waals surface area contributed by atoms with Gasteiger partial charge >= 0.3 is 0 Å². The summed E-state index contributed by atoms with van der Waals surface area (Å²) in [5.74, 6) is 0.735. The summed E-state index contributed by atoms with van der Waals surface area (Å²) < 4.78 is 0. The van der Waals surface area contributed by atoms with Gasteiger partial charge in [-0.05, 0) is 80.4 Å². The fraction of sp³-hybridized carbons (Fsp3) is 0.389. The number of hydrogen-bond donors (Lipinski definition) is 2. The number of anilines is 1. The van der Waals surface area contributed by atoms with Crippen molar-refractivity contribution in [3.63, 3.8) is 0 Å². The Kier molecular flexibility index (Phi) is 7.68. The SMILES string of the molecule is Cc1cc(Sc2ncccn2)ccc1NC(=O)CCC1CCNC1.Cl. The topological polar surface area (TPSA) is 66.9 Å². The minimum atomic E-state index is 0. The number of rotatable bonds is 6. The second-order valence-electron chi connectivity index (χ2n) is 6.06. The standard InChI is InChI=1S/C18H22N4OS.ClH/c1-13-11-15(24-18-20-8-2-9-21-18)4-5-16(13)22-17(23)6-3-14-7-10-19-12-14;/h2,4-5,8-9,11,14,19H,3,6-7,10,12H2,1H3,(H,22,23);1H. The molecule has 1 unspecified atom stereocenters. The number of amides is 1. The lowest BCUT2D eigenvalue weighted by atomic mass is 10.0. The van der Waals surface area contributed by atoms with Crippen LogP contribution >= 0.6 is 24.2 Å². The summed E-state index contributed by atoms with van der Waals surface area (Å²) in [5.41, 5.74) is 1.93. The molecule has 134 valence electrons. The molecule has 5 nitrogen and oxygen atoms in total. The van der Waals surface area contributed by atoms with Gasteiger partial charge in [0.2, 0.25) is 5.91 Å². The Morgan fingerprint density at radius 2 is 2.16 bits per heavy atom. The first-order valence-electron chi connectivity index (χ1n) is 8.27. The van der Waals surface area contributed by atoms with Crippen LogP contribution in [0, 0.1) is 12.8 Å². The van der Waals surface area contributed by atoms with Crippen LogP contribution in [0.4, 0.5) is 5.69 Å². The van der Waals surface area contributed by atoms with E-state index in [0.717, 1.165) is 40.8 Å². The zero-order valence-electron chi connectivity index (χ0n) is 14.2. The molecule has 2 heterocycles. The summed E-state index contributed by atoms with van der Waals surface area (Å²) in [4.78, 5) is 21.6. The maximum atomic E-state index is 12.1. The molecule has 1 aromatic carbocycles. The molecule has 1 fully saturated rings. The highest BCUT2D eigenvalue weighted by atomic mass is 35.5. The van der Waals surface area contributed by atoms with Gasteiger partial charge in [0, 0.05) is 29.4 Å². The number of halogens is 1. The molecule has 1 aliphatic heterocycles. The smallest absolute Gasteiger partial charge is 0.224 e. The molecule has 0 spiro atoms. The molecule has 25 heavy (non-hydrogen) atoms. The fourth-order valence-corrected chi connectivity index (χ4v) is 3.60. The van der Waals surface area contributed by atoms with E-state index in [-0.39, 0.29) is 18.3 Å². The van der Waals surface area contributed by atoms with Crippen LogP contribution < -0.4 is 10.6 Å². The summed E-state index contributed by atoms with van der Waals surface area (Å²) in [6, 6.07) is 7.80. The van der Waals surface area contributed by atoms with E-state index in [4.69, 9.17) is 0 Å². The second kappa shape index (κ2) is 9.75. The molecular weight excluding hydrogens is 356 g/mol. The maximum Gasteiger partial charge on any atom is 0.224 e. The highest BCUT2D eigenvalue weighted by molar-refractivity contribution is 7.99. The first-order valence-corrected chi connectivity index (χ1v) is 9.08. The summed E-state index contributed by atoms with van der Waals surface area (Å²) in [5, 5.41) is 7.08. The van der Waals surface area contributed by atoms with Crippen LogP contribution in [-0.2, 0) is 4.79 Å². The molecule has 1 saturated heterocycles. The van der Waals surface area contributed by atoms with Gasteiger partial charge in [0.05, 0.1) is 0 Å². The van der Waals surface area contributed by atoms with Crippen LogP contribution in [-0.4, -0.2) is 29.0 Å². The van der Waals surface area contributed by atoms with E-state index in [1.807, 2.05) is 19.1 Å². The van der Waals surface area contributed by atoms with Crippen molar-refractivity contribution in [2.45, 2.75) is 36.2 Å². The highest BCUT2D eigenvalue weighted by Gasteiger charge is 2.16. The Hall–Kier alpha value is -1.63. The molecule has 2 N–H and O–H groups in total. The Balaban J connectivity index is 0.00000225. The normalized spacial score (nSPS) is 16.3. The van der Waals surface area contributed by atoms with E-state index in [1.165, 1.54) is 18.2 Å². The van der Waals surface area contributed by atoms with Gasteiger partial charge in [0.15, 0.2) is 5.16 Å². The number of carbonyl (C=O) groups excluding carboxylic acids is 1. The van der Waals surface area contributed by atoms with Crippen molar-refractivity contribution in [3.8, 4) is 0 Å². The van der Waals surface area contributed by atoms with Crippen molar-refractivity contribution in [1.29, 1.82) is 0 Å². The van der Waals surface area contributed by atoms with E-state index in [0.29, 0.717) is 12.3 Å². The van der Waals surface area contributed by atoms with Crippen LogP contribution in [0.25, 0.3) is 0 Å². The van der Waals surface area contributed by atoms with Gasteiger partial charge in [-0.25, -0.2) is 9.97 Å². The molecule has 7 heteroatoms. The van der Waals surface area contributed by atoms with E-state index >= 15 is 0 Å². The van der Waals surface area contributed by atoms with Gasteiger partial charge in [0.1, 0.15) is 0 Å². The molecule has 1 amide bonds. The quantitative estimate of drug-likeness (QED) is 0.750. The third-order valence-corrected chi connectivity index (χ3v) is 5.05. The van der Waals surface area contributed by atoms with Crippen molar-refractivity contribution in [2.24, 2.45) is 5.92 Å². The highest BCUT2D eigenvalue weighted by Crippen LogP contribution is 2.28. The predicted octanol–water partition coefficient (Wildman–Crippen LogP) is 3.69. The third-order valence-electron chi connectivity index (χ3n) is 4.17. The van der Waals surface area contributed by atoms with Crippen LogP contribution in [0.15, 0.2) is 46.7 Å². The van der Waals surface area contributed by atoms with Crippen LogP contribution in [0.5, 0.6) is 0 Å². The Labute approximate surface area is 158 Å². The monoisotopic (exact) mass is 378 g/mol. The lowest BCUT2D eigenvalue weighted by Crippen LogP contribution is -2.15. The zero-order chi connectivity index (χ0) is 16.8. The number of aromatic nitrogens is 2. The average molecular weight is 379 g/mol. The summed E-state index contributed by atoms with van der Waals surface area (Å²) in [6.45, 7) is 4.13. The van der Waals surface area contributed by atoms with Gasteiger partial charge in [-0.3, -0.25) is 4.79 Å². The largest absolute Gasteiger partial charge is 0.326 e. The number of aryl methyl sites for hydroxylation is 1. The lowest BCUT2D eigenvalue weighted by molar-refractivity contribution is -0.116. The molecule has 0 bridgehead atoms. The minimum Gasteiger partial charge on any atom is -0.326 e. The lowest BCUT2D eigenvalue weighted by Gasteiger charge is -2.11.